The molecule has 0 spiro atoms. The Morgan fingerprint density at radius 3 is 2.67 bits per heavy atom. The van der Waals surface area contributed by atoms with E-state index >= 15 is 0 Å². The molecule has 7 nitrogen and oxygen atoms in total. The van der Waals surface area contributed by atoms with Crippen molar-refractivity contribution in [2.75, 3.05) is 18.5 Å². The van der Waals surface area contributed by atoms with Crippen LogP contribution >= 0.6 is 0 Å². The maximum absolute atomic E-state index is 11.6. The summed E-state index contributed by atoms with van der Waals surface area (Å²) in [6.07, 6.45) is 1.71. The Bertz CT molecular complexity index is 404. The van der Waals surface area contributed by atoms with Crippen LogP contribution in [0.25, 0.3) is 0 Å². The van der Waals surface area contributed by atoms with E-state index in [0.29, 0.717) is 12.2 Å². The van der Waals surface area contributed by atoms with Crippen molar-refractivity contribution in [3.63, 3.8) is 0 Å². The summed E-state index contributed by atoms with van der Waals surface area (Å²) >= 11 is 0. The summed E-state index contributed by atoms with van der Waals surface area (Å²) in [7, 11) is 0. The Hall–Kier alpha value is -2.15. The highest BCUT2D eigenvalue weighted by Crippen LogP contribution is 2.03. The van der Waals surface area contributed by atoms with Gasteiger partial charge in [-0.3, -0.25) is 15.4 Å². The Kier molecular flexibility index (Phi) is 5.59. The van der Waals surface area contributed by atoms with Gasteiger partial charge in [-0.1, -0.05) is 0 Å². The van der Waals surface area contributed by atoms with Gasteiger partial charge in [-0.05, 0) is 19.1 Å². The number of rotatable bonds is 6. The molecule has 0 saturated heterocycles. The van der Waals surface area contributed by atoms with Gasteiger partial charge in [-0.25, -0.2) is 4.98 Å². The first kappa shape index (κ1) is 13.9. The van der Waals surface area contributed by atoms with Crippen molar-refractivity contribution >= 4 is 17.5 Å². The van der Waals surface area contributed by atoms with E-state index in [4.69, 9.17) is 5.84 Å². The maximum atomic E-state index is 11.6. The predicted octanol–water partition coefficient (Wildman–Crippen LogP) is -0.377. The molecule has 5 N–H and O–H groups in total. The predicted molar refractivity (Wildman–Crippen MR) is 67.7 cm³/mol. The number of nitrogens with zero attached hydrogens (tertiary/aromatic N) is 1. The standard InChI is InChI=1S/C11H17N5O2/c1-2-13-10(17)5-6-14-11(18)9-4-3-8(16-12)7-15-9/h3-4,7,16H,2,5-6,12H2,1H3,(H,13,17)(H,14,18). The molecule has 1 heterocycles. The zero-order chi connectivity index (χ0) is 13.4. The van der Waals surface area contributed by atoms with Crippen molar-refractivity contribution in [1.82, 2.24) is 15.6 Å². The first-order valence-corrected chi connectivity index (χ1v) is 5.65. The van der Waals surface area contributed by atoms with Gasteiger partial charge in [-0.2, -0.15) is 0 Å². The summed E-state index contributed by atoms with van der Waals surface area (Å²) in [5.74, 6) is 4.78. The van der Waals surface area contributed by atoms with E-state index in [1.165, 1.54) is 6.20 Å². The summed E-state index contributed by atoms with van der Waals surface area (Å²) in [6.45, 7) is 2.71. The number of anilines is 1. The second kappa shape index (κ2) is 7.23. The van der Waals surface area contributed by atoms with E-state index in [1.807, 2.05) is 6.92 Å². The van der Waals surface area contributed by atoms with Crippen molar-refractivity contribution < 1.29 is 9.59 Å². The lowest BCUT2D eigenvalue weighted by Gasteiger charge is -2.05. The molecule has 0 bridgehead atoms. The molecule has 0 unspecified atom stereocenters. The number of carbonyl (C=O) groups is 2. The summed E-state index contributed by atoms with van der Waals surface area (Å²) in [5.41, 5.74) is 3.32. The Morgan fingerprint density at radius 1 is 1.33 bits per heavy atom. The monoisotopic (exact) mass is 251 g/mol. The molecule has 0 aliphatic carbocycles. The van der Waals surface area contributed by atoms with Crippen molar-refractivity contribution in [3.05, 3.63) is 24.0 Å². The molecule has 0 aromatic carbocycles. The lowest BCUT2D eigenvalue weighted by Crippen LogP contribution is -2.31. The van der Waals surface area contributed by atoms with Crippen molar-refractivity contribution in [2.24, 2.45) is 5.84 Å². The molecule has 7 heteroatoms. The Balaban J connectivity index is 2.38. The fraction of sp³-hybridized carbons (Fsp3) is 0.364. The van der Waals surface area contributed by atoms with Gasteiger partial charge in [0.2, 0.25) is 5.91 Å². The van der Waals surface area contributed by atoms with E-state index in [1.54, 1.807) is 12.1 Å². The van der Waals surface area contributed by atoms with Crippen molar-refractivity contribution in [1.29, 1.82) is 0 Å². The largest absolute Gasteiger partial charge is 0.356 e. The molecule has 2 amide bonds. The van der Waals surface area contributed by atoms with E-state index in [0.717, 1.165) is 0 Å². The van der Waals surface area contributed by atoms with Crippen LogP contribution < -0.4 is 21.9 Å². The number of hydrogen-bond acceptors (Lipinski definition) is 5. The fourth-order valence-electron chi connectivity index (χ4n) is 1.28. The smallest absolute Gasteiger partial charge is 0.269 e. The Morgan fingerprint density at radius 2 is 2.11 bits per heavy atom. The third kappa shape index (κ3) is 4.38. The molecule has 0 aliphatic heterocycles. The summed E-state index contributed by atoms with van der Waals surface area (Å²) in [6, 6.07) is 3.20. The molecule has 0 saturated carbocycles. The van der Waals surface area contributed by atoms with E-state index < -0.39 is 0 Å². The molecular weight excluding hydrogens is 234 g/mol. The van der Waals surface area contributed by atoms with Crippen LogP contribution in [-0.4, -0.2) is 29.9 Å². The van der Waals surface area contributed by atoms with E-state index in [2.05, 4.69) is 21.0 Å². The number of amides is 2. The minimum atomic E-state index is -0.317. The normalized spacial score (nSPS) is 9.67. The number of nitrogens with two attached hydrogens (primary N) is 1. The molecule has 0 aliphatic rings. The van der Waals surface area contributed by atoms with Crippen LogP contribution in [0.4, 0.5) is 5.69 Å². The first-order valence-electron chi connectivity index (χ1n) is 5.65. The molecular formula is C11H17N5O2. The number of pyridine rings is 1. The van der Waals surface area contributed by atoms with Gasteiger partial charge in [0.25, 0.3) is 5.91 Å². The lowest BCUT2D eigenvalue weighted by molar-refractivity contribution is -0.120. The first-order chi connectivity index (χ1) is 8.67. The second-order valence-electron chi connectivity index (χ2n) is 3.54. The zero-order valence-electron chi connectivity index (χ0n) is 10.2. The molecule has 0 radical (unpaired) electrons. The maximum Gasteiger partial charge on any atom is 0.269 e. The van der Waals surface area contributed by atoms with Crippen LogP contribution in [0.3, 0.4) is 0 Å². The highest BCUT2D eigenvalue weighted by Gasteiger charge is 2.07. The van der Waals surface area contributed by atoms with Crippen molar-refractivity contribution in [2.45, 2.75) is 13.3 Å². The quantitative estimate of drug-likeness (QED) is 0.407. The van der Waals surface area contributed by atoms with Gasteiger partial charge < -0.3 is 16.1 Å². The number of aromatic nitrogens is 1. The minimum absolute atomic E-state index is 0.0894. The minimum Gasteiger partial charge on any atom is -0.356 e. The number of nitrogens with one attached hydrogen (secondary N) is 3. The average Bonchev–Trinajstić information content (AvgIpc) is 2.39. The summed E-state index contributed by atoms with van der Waals surface area (Å²) in [4.78, 5) is 26.7. The summed E-state index contributed by atoms with van der Waals surface area (Å²) in [5, 5.41) is 5.26. The SMILES string of the molecule is CCNC(=O)CCNC(=O)c1ccc(NN)cn1. The van der Waals surface area contributed by atoms with Crippen LogP contribution in [0, 0.1) is 0 Å². The van der Waals surface area contributed by atoms with Gasteiger partial charge in [0.15, 0.2) is 0 Å². The molecule has 98 valence electrons. The number of hydrazine groups is 1. The van der Waals surface area contributed by atoms with Crippen LogP contribution in [0.5, 0.6) is 0 Å². The number of carbonyl (C=O) groups excluding carboxylic acids is 2. The molecule has 0 atom stereocenters. The number of nitrogen functional groups attached to an aromatic ring is 1. The molecule has 0 fully saturated rings. The topological polar surface area (TPSA) is 109 Å². The van der Waals surface area contributed by atoms with Gasteiger partial charge in [0.1, 0.15) is 5.69 Å². The third-order valence-electron chi connectivity index (χ3n) is 2.17. The van der Waals surface area contributed by atoms with E-state index in [9.17, 15) is 9.59 Å². The zero-order valence-corrected chi connectivity index (χ0v) is 10.2. The van der Waals surface area contributed by atoms with Crippen LogP contribution in [0.2, 0.25) is 0 Å². The Labute approximate surface area is 105 Å². The average molecular weight is 251 g/mol. The van der Waals surface area contributed by atoms with Gasteiger partial charge in [-0.15, -0.1) is 0 Å². The fourth-order valence-corrected chi connectivity index (χ4v) is 1.28. The van der Waals surface area contributed by atoms with Crippen LogP contribution in [-0.2, 0) is 4.79 Å². The van der Waals surface area contributed by atoms with E-state index in [-0.39, 0.29) is 30.5 Å². The second-order valence-corrected chi connectivity index (χ2v) is 3.54. The van der Waals surface area contributed by atoms with Crippen LogP contribution in [0.1, 0.15) is 23.8 Å². The molecule has 1 aromatic rings. The highest BCUT2D eigenvalue weighted by atomic mass is 16.2. The van der Waals surface area contributed by atoms with Gasteiger partial charge >= 0.3 is 0 Å². The number of hydrogen-bond donors (Lipinski definition) is 4. The molecule has 1 aromatic heterocycles. The third-order valence-corrected chi connectivity index (χ3v) is 2.17. The van der Waals surface area contributed by atoms with Crippen LogP contribution in [0.15, 0.2) is 18.3 Å². The highest BCUT2D eigenvalue weighted by molar-refractivity contribution is 5.92. The van der Waals surface area contributed by atoms with Gasteiger partial charge in [0, 0.05) is 19.5 Å². The molecule has 1 rings (SSSR count). The van der Waals surface area contributed by atoms with Crippen molar-refractivity contribution in [3.8, 4) is 0 Å². The summed E-state index contributed by atoms with van der Waals surface area (Å²) < 4.78 is 0. The lowest BCUT2D eigenvalue weighted by atomic mass is 10.3. The van der Waals surface area contributed by atoms with Gasteiger partial charge in [0.05, 0.1) is 11.9 Å². The molecule has 18 heavy (non-hydrogen) atoms.